The number of benzene rings is 4. The Kier molecular flexibility index (Phi) is 5.08. The maximum Gasteiger partial charge on any atom is 0.175 e. The van der Waals surface area contributed by atoms with Crippen molar-refractivity contribution >= 4 is 32.2 Å². The summed E-state index contributed by atoms with van der Waals surface area (Å²) in [5, 5.41) is 2.97. The van der Waals surface area contributed by atoms with Gasteiger partial charge < -0.3 is 0 Å². The van der Waals surface area contributed by atoms with Crippen LogP contribution in [0.15, 0.2) is 102 Å². The average molecular weight is 459 g/mol. The Bertz CT molecular complexity index is 1540. The number of aromatic nitrogens is 2. The number of imidazole rings is 1. The maximum atomic E-state index is 11.9. The van der Waals surface area contributed by atoms with E-state index in [1.807, 2.05) is 47.2 Å². The molecular weight excluding hydrogens is 440 g/mol. The molecule has 0 aliphatic carbocycles. The maximum absolute atomic E-state index is 11.9. The molecule has 0 saturated carbocycles. The van der Waals surface area contributed by atoms with Crippen LogP contribution >= 0.6 is 11.6 Å². The molecule has 158 valence electrons. The van der Waals surface area contributed by atoms with E-state index in [2.05, 4.69) is 30.3 Å². The molecule has 1 aromatic heterocycles. The SMILES string of the molecule is CS(=O)(=O)c1ccc(-c2nc(-c3ccc4ccccc4c3)cn2-c2ccc(Cl)cc2)cc1. The molecule has 4 aromatic carbocycles. The molecular formula is C26H19ClN2O2S. The summed E-state index contributed by atoms with van der Waals surface area (Å²) < 4.78 is 25.7. The van der Waals surface area contributed by atoms with Crippen LogP contribution in [0.2, 0.25) is 5.02 Å². The van der Waals surface area contributed by atoms with E-state index in [4.69, 9.17) is 16.6 Å². The number of sulfone groups is 1. The van der Waals surface area contributed by atoms with Crippen LogP contribution in [0, 0.1) is 0 Å². The van der Waals surface area contributed by atoms with E-state index < -0.39 is 9.84 Å². The number of fused-ring (bicyclic) bond motifs is 1. The second-order valence-electron chi connectivity index (χ2n) is 7.65. The third-order valence-electron chi connectivity index (χ3n) is 5.40. The van der Waals surface area contributed by atoms with Gasteiger partial charge in [-0.2, -0.15) is 0 Å². The van der Waals surface area contributed by atoms with Gasteiger partial charge in [0.2, 0.25) is 0 Å². The average Bonchev–Trinajstić information content (AvgIpc) is 3.24. The van der Waals surface area contributed by atoms with E-state index in [9.17, 15) is 8.42 Å². The van der Waals surface area contributed by atoms with Crippen molar-refractivity contribution in [1.82, 2.24) is 9.55 Å². The van der Waals surface area contributed by atoms with Gasteiger partial charge in [-0.1, -0.05) is 48.0 Å². The Morgan fingerprint density at radius 2 is 1.44 bits per heavy atom. The summed E-state index contributed by atoms with van der Waals surface area (Å²) in [7, 11) is -3.27. The van der Waals surface area contributed by atoms with Gasteiger partial charge in [0.25, 0.3) is 0 Å². The van der Waals surface area contributed by atoms with Crippen LogP contribution < -0.4 is 0 Å². The van der Waals surface area contributed by atoms with Crippen LogP contribution in [0.3, 0.4) is 0 Å². The predicted octanol–water partition coefficient (Wildman–Crippen LogP) is 6.42. The third kappa shape index (κ3) is 3.93. The zero-order valence-electron chi connectivity index (χ0n) is 17.2. The fourth-order valence-electron chi connectivity index (χ4n) is 3.72. The monoisotopic (exact) mass is 458 g/mol. The number of hydrogen-bond acceptors (Lipinski definition) is 3. The molecule has 0 unspecified atom stereocenters. The van der Waals surface area contributed by atoms with Crippen LogP contribution in [0.5, 0.6) is 0 Å². The minimum absolute atomic E-state index is 0.278. The Morgan fingerprint density at radius 1 is 0.781 bits per heavy atom. The lowest BCUT2D eigenvalue weighted by molar-refractivity contribution is 0.602. The number of nitrogens with zero attached hydrogens (tertiary/aromatic N) is 2. The molecule has 0 amide bonds. The van der Waals surface area contributed by atoms with Gasteiger partial charge in [-0.05, 0) is 65.4 Å². The minimum Gasteiger partial charge on any atom is -0.299 e. The number of hydrogen-bond donors (Lipinski definition) is 0. The summed E-state index contributed by atoms with van der Waals surface area (Å²) in [5.41, 5.74) is 3.56. The highest BCUT2D eigenvalue weighted by atomic mass is 35.5. The largest absolute Gasteiger partial charge is 0.299 e. The molecule has 0 fully saturated rings. The van der Waals surface area contributed by atoms with Crippen LogP contribution in [0.25, 0.3) is 39.1 Å². The normalized spacial score (nSPS) is 11.7. The molecule has 0 atom stereocenters. The fraction of sp³-hybridized carbons (Fsp3) is 0.0385. The van der Waals surface area contributed by atoms with Crippen molar-refractivity contribution in [2.75, 3.05) is 6.26 Å². The van der Waals surface area contributed by atoms with Gasteiger partial charge in [0.1, 0.15) is 5.82 Å². The van der Waals surface area contributed by atoms with Crippen LogP contribution in [0.1, 0.15) is 0 Å². The standard InChI is InChI=1S/C26H19ClN2O2S/c1-32(30,31)24-14-8-19(9-15-24)26-28-25(17-29(26)23-12-10-22(27)11-13-23)21-7-6-18-4-2-3-5-20(18)16-21/h2-17H,1H3. The Labute approximate surface area is 191 Å². The first-order valence-electron chi connectivity index (χ1n) is 10.0. The Hall–Kier alpha value is -3.41. The highest BCUT2D eigenvalue weighted by Crippen LogP contribution is 2.30. The second kappa shape index (κ2) is 7.93. The van der Waals surface area contributed by atoms with Crippen molar-refractivity contribution in [2.24, 2.45) is 0 Å². The Morgan fingerprint density at radius 3 is 2.12 bits per heavy atom. The highest BCUT2D eigenvalue weighted by Gasteiger charge is 2.15. The van der Waals surface area contributed by atoms with Crippen molar-refractivity contribution in [3.8, 4) is 28.3 Å². The molecule has 5 aromatic rings. The predicted molar refractivity (Wildman–Crippen MR) is 130 cm³/mol. The zero-order valence-corrected chi connectivity index (χ0v) is 18.8. The van der Waals surface area contributed by atoms with Crippen LogP contribution in [0.4, 0.5) is 0 Å². The van der Waals surface area contributed by atoms with Gasteiger partial charge >= 0.3 is 0 Å². The summed E-state index contributed by atoms with van der Waals surface area (Å²) in [6.07, 6.45) is 3.20. The number of halogens is 1. The molecule has 32 heavy (non-hydrogen) atoms. The lowest BCUT2D eigenvalue weighted by Gasteiger charge is -2.08. The Balaban J connectivity index is 1.67. The lowest BCUT2D eigenvalue weighted by atomic mass is 10.1. The van der Waals surface area contributed by atoms with E-state index in [1.165, 1.54) is 11.6 Å². The van der Waals surface area contributed by atoms with Gasteiger partial charge in [0, 0.05) is 34.3 Å². The summed E-state index contributed by atoms with van der Waals surface area (Å²) in [4.78, 5) is 5.21. The molecule has 1 heterocycles. The molecule has 0 aliphatic heterocycles. The summed E-state index contributed by atoms with van der Waals surface area (Å²) in [6.45, 7) is 0. The van der Waals surface area contributed by atoms with Gasteiger partial charge in [-0.15, -0.1) is 0 Å². The van der Waals surface area contributed by atoms with E-state index in [1.54, 1.807) is 24.3 Å². The molecule has 0 N–H and O–H groups in total. The van der Waals surface area contributed by atoms with Crippen molar-refractivity contribution in [1.29, 1.82) is 0 Å². The smallest absolute Gasteiger partial charge is 0.175 e. The first-order valence-corrected chi connectivity index (χ1v) is 12.3. The topological polar surface area (TPSA) is 52.0 Å². The summed E-state index contributed by atoms with van der Waals surface area (Å²) in [6, 6.07) is 28.8. The fourth-order valence-corrected chi connectivity index (χ4v) is 4.48. The molecule has 0 saturated heterocycles. The zero-order chi connectivity index (χ0) is 22.3. The van der Waals surface area contributed by atoms with Crippen molar-refractivity contribution in [3.05, 3.63) is 102 Å². The molecule has 0 radical (unpaired) electrons. The van der Waals surface area contributed by atoms with Gasteiger partial charge in [0.05, 0.1) is 10.6 Å². The van der Waals surface area contributed by atoms with Gasteiger partial charge in [-0.3, -0.25) is 4.57 Å². The molecule has 0 bridgehead atoms. The molecule has 0 aliphatic rings. The first-order chi connectivity index (χ1) is 15.4. The molecule has 6 heteroatoms. The first kappa shape index (κ1) is 20.5. The van der Waals surface area contributed by atoms with Crippen molar-refractivity contribution in [3.63, 3.8) is 0 Å². The van der Waals surface area contributed by atoms with Crippen molar-refractivity contribution < 1.29 is 8.42 Å². The lowest BCUT2D eigenvalue weighted by Crippen LogP contribution is -1.98. The molecule has 4 nitrogen and oxygen atoms in total. The summed E-state index contributed by atoms with van der Waals surface area (Å²) in [5.74, 6) is 0.718. The third-order valence-corrected chi connectivity index (χ3v) is 6.78. The van der Waals surface area contributed by atoms with E-state index in [0.717, 1.165) is 33.7 Å². The van der Waals surface area contributed by atoms with Crippen LogP contribution in [-0.2, 0) is 9.84 Å². The van der Waals surface area contributed by atoms with Crippen LogP contribution in [-0.4, -0.2) is 24.2 Å². The van der Waals surface area contributed by atoms with E-state index >= 15 is 0 Å². The molecule has 5 rings (SSSR count). The quantitative estimate of drug-likeness (QED) is 0.312. The van der Waals surface area contributed by atoms with Gasteiger partial charge in [-0.25, -0.2) is 13.4 Å². The van der Waals surface area contributed by atoms with Gasteiger partial charge in [0.15, 0.2) is 9.84 Å². The highest BCUT2D eigenvalue weighted by molar-refractivity contribution is 7.90. The van der Waals surface area contributed by atoms with E-state index in [0.29, 0.717) is 5.02 Å². The molecule has 0 spiro atoms. The minimum atomic E-state index is -3.27. The van der Waals surface area contributed by atoms with E-state index in [-0.39, 0.29) is 4.90 Å². The summed E-state index contributed by atoms with van der Waals surface area (Å²) >= 11 is 6.09. The second-order valence-corrected chi connectivity index (χ2v) is 10.1. The van der Waals surface area contributed by atoms with Crippen molar-refractivity contribution in [2.45, 2.75) is 4.90 Å². The number of rotatable bonds is 4.